The summed E-state index contributed by atoms with van der Waals surface area (Å²) < 4.78 is 0. The van der Waals surface area contributed by atoms with E-state index in [0.29, 0.717) is 19.4 Å². The Bertz CT molecular complexity index is 589. The van der Waals surface area contributed by atoms with Crippen LogP contribution in [-0.4, -0.2) is 44.6 Å². The number of hydrogen-bond donors (Lipinski definition) is 1. The summed E-state index contributed by atoms with van der Waals surface area (Å²) in [7, 11) is 0. The van der Waals surface area contributed by atoms with Crippen LogP contribution >= 0.6 is 11.8 Å². The van der Waals surface area contributed by atoms with Crippen molar-refractivity contribution in [3.05, 3.63) is 34.4 Å². The molecule has 1 saturated heterocycles. The molecule has 8 heteroatoms. The van der Waals surface area contributed by atoms with Gasteiger partial charge in [0.15, 0.2) is 0 Å². The van der Waals surface area contributed by atoms with E-state index in [-0.39, 0.29) is 11.6 Å². The van der Waals surface area contributed by atoms with E-state index >= 15 is 0 Å². The molecule has 2 atom stereocenters. The molecule has 1 fully saturated rings. The van der Waals surface area contributed by atoms with Gasteiger partial charge in [-0.25, -0.2) is 4.79 Å². The summed E-state index contributed by atoms with van der Waals surface area (Å²) in [5, 5.41) is 19.3. The Hall–Kier alpha value is -2.09. The first-order valence-corrected chi connectivity index (χ1v) is 7.72. The SMILES string of the molecule is CC(Sc1ccc([N+](=O)[O-])cc1)C(=O)N1CCCC1C(=O)O. The Balaban J connectivity index is 2.02. The van der Waals surface area contributed by atoms with Gasteiger partial charge in [0, 0.05) is 23.6 Å². The lowest BCUT2D eigenvalue weighted by Crippen LogP contribution is -2.43. The maximum atomic E-state index is 12.4. The summed E-state index contributed by atoms with van der Waals surface area (Å²) in [6.07, 6.45) is 1.17. The lowest BCUT2D eigenvalue weighted by molar-refractivity contribution is -0.384. The van der Waals surface area contributed by atoms with E-state index in [4.69, 9.17) is 5.11 Å². The number of likely N-dealkylation sites (tertiary alicyclic amines) is 1. The van der Waals surface area contributed by atoms with Crippen LogP contribution in [0.1, 0.15) is 19.8 Å². The average Bonchev–Trinajstić information content (AvgIpc) is 2.96. The number of carbonyl (C=O) groups excluding carboxylic acids is 1. The van der Waals surface area contributed by atoms with E-state index in [0.717, 1.165) is 4.90 Å². The summed E-state index contributed by atoms with van der Waals surface area (Å²) in [4.78, 5) is 35.8. The highest BCUT2D eigenvalue weighted by molar-refractivity contribution is 8.00. The summed E-state index contributed by atoms with van der Waals surface area (Å²) in [5.41, 5.74) is -0.00573. The highest BCUT2D eigenvalue weighted by atomic mass is 32.2. The standard InChI is InChI=1S/C14H16N2O5S/c1-9(13(17)15-8-2-3-12(15)14(18)19)22-11-6-4-10(5-7-11)16(20)21/h4-7,9,12H,2-3,8H2,1H3,(H,18,19). The van der Waals surface area contributed by atoms with Crippen molar-refractivity contribution < 1.29 is 19.6 Å². The highest BCUT2D eigenvalue weighted by Gasteiger charge is 2.36. The smallest absolute Gasteiger partial charge is 0.326 e. The summed E-state index contributed by atoms with van der Waals surface area (Å²) in [6.45, 7) is 2.17. The molecule has 0 aliphatic carbocycles. The number of benzene rings is 1. The number of nitro benzene ring substituents is 1. The number of carboxylic acids is 1. The Labute approximate surface area is 131 Å². The molecule has 118 valence electrons. The summed E-state index contributed by atoms with van der Waals surface area (Å²) in [6, 6.07) is 5.20. The Morgan fingerprint density at radius 1 is 1.41 bits per heavy atom. The van der Waals surface area contributed by atoms with Crippen molar-refractivity contribution in [2.75, 3.05) is 6.54 Å². The molecule has 7 nitrogen and oxygen atoms in total. The van der Waals surface area contributed by atoms with Crippen LogP contribution < -0.4 is 0 Å². The van der Waals surface area contributed by atoms with Crippen molar-refractivity contribution in [1.29, 1.82) is 0 Å². The zero-order valence-corrected chi connectivity index (χ0v) is 12.8. The lowest BCUT2D eigenvalue weighted by Gasteiger charge is -2.24. The number of nitro groups is 1. The van der Waals surface area contributed by atoms with E-state index in [1.54, 1.807) is 19.1 Å². The molecule has 0 radical (unpaired) electrons. The minimum atomic E-state index is -0.974. The number of aliphatic carboxylic acids is 1. The molecule has 0 spiro atoms. The van der Waals surface area contributed by atoms with Crippen LogP contribution in [0, 0.1) is 10.1 Å². The fourth-order valence-electron chi connectivity index (χ4n) is 2.42. The molecule has 0 aromatic heterocycles. The van der Waals surface area contributed by atoms with E-state index in [1.165, 1.54) is 28.8 Å². The zero-order valence-electron chi connectivity index (χ0n) is 12.0. The monoisotopic (exact) mass is 324 g/mol. The van der Waals surface area contributed by atoms with Gasteiger partial charge in [0.2, 0.25) is 5.91 Å². The first-order valence-electron chi connectivity index (χ1n) is 6.84. The molecule has 2 unspecified atom stereocenters. The molecule has 1 aromatic carbocycles. The highest BCUT2D eigenvalue weighted by Crippen LogP contribution is 2.28. The summed E-state index contributed by atoms with van der Waals surface area (Å²) >= 11 is 1.27. The van der Waals surface area contributed by atoms with Crippen molar-refractivity contribution in [2.24, 2.45) is 0 Å². The number of rotatable bonds is 5. The van der Waals surface area contributed by atoms with Crippen LogP contribution in [-0.2, 0) is 9.59 Å². The maximum absolute atomic E-state index is 12.4. The predicted molar refractivity (Wildman–Crippen MR) is 80.8 cm³/mol. The Kier molecular flexibility index (Phi) is 5.02. The van der Waals surface area contributed by atoms with Crippen molar-refractivity contribution >= 4 is 29.3 Å². The molecule has 1 aromatic rings. The van der Waals surface area contributed by atoms with E-state index in [1.807, 2.05) is 0 Å². The molecular formula is C14H16N2O5S. The fourth-order valence-corrected chi connectivity index (χ4v) is 3.36. The van der Waals surface area contributed by atoms with Crippen molar-refractivity contribution in [1.82, 2.24) is 4.90 Å². The fraction of sp³-hybridized carbons (Fsp3) is 0.429. The molecule has 1 amide bonds. The number of carboxylic acid groups (broad SMARTS) is 1. The van der Waals surface area contributed by atoms with Crippen LogP contribution in [0.15, 0.2) is 29.2 Å². The molecule has 22 heavy (non-hydrogen) atoms. The van der Waals surface area contributed by atoms with Crippen molar-refractivity contribution in [3.63, 3.8) is 0 Å². The minimum absolute atomic E-state index is 0.00573. The molecule has 1 N–H and O–H groups in total. The Morgan fingerprint density at radius 2 is 2.05 bits per heavy atom. The average molecular weight is 324 g/mol. The first-order chi connectivity index (χ1) is 10.4. The number of amides is 1. The van der Waals surface area contributed by atoms with Gasteiger partial charge < -0.3 is 10.0 Å². The third kappa shape index (κ3) is 3.56. The van der Waals surface area contributed by atoms with Crippen LogP contribution in [0.25, 0.3) is 0 Å². The molecule has 2 rings (SSSR count). The van der Waals surface area contributed by atoms with Crippen molar-refractivity contribution in [2.45, 2.75) is 36.0 Å². The maximum Gasteiger partial charge on any atom is 0.326 e. The topological polar surface area (TPSA) is 101 Å². The van der Waals surface area contributed by atoms with Gasteiger partial charge in [-0.05, 0) is 31.9 Å². The van der Waals surface area contributed by atoms with Gasteiger partial charge in [-0.1, -0.05) is 0 Å². The van der Waals surface area contributed by atoms with Crippen molar-refractivity contribution in [3.8, 4) is 0 Å². The number of nitrogens with zero attached hydrogens (tertiary/aromatic N) is 2. The second-order valence-corrected chi connectivity index (χ2v) is 6.45. The summed E-state index contributed by atoms with van der Waals surface area (Å²) in [5.74, 6) is -1.19. The molecule has 1 aliphatic heterocycles. The van der Waals surface area contributed by atoms with Crippen LogP contribution in [0.2, 0.25) is 0 Å². The number of non-ortho nitro benzene ring substituents is 1. The van der Waals surface area contributed by atoms with Crippen LogP contribution in [0.4, 0.5) is 5.69 Å². The van der Waals surface area contributed by atoms with Gasteiger partial charge in [0.25, 0.3) is 5.69 Å². The van der Waals surface area contributed by atoms with Gasteiger partial charge in [-0.15, -0.1) is 11.8 Å². The molecule has 1 aliphatic rings. The van der Waals surface area contributed by atoms with Gasteiger partial charge in [-0.3, -0.25) is 14.9 Å². The van der Waals surface area contributed by atoms with Gasteiger partial charge >= 0.3 is 5.97 Å². The van der Waals surface area contributed by atoms with E-state index < -0.39 is 22.2 Å². The first kappa shape index (κ1) is 16.3. The predicted octanol–water partition coefficient (Wildman–Crippen LogP) is 2.15. The van der Waals surface area contributed by atoms with Crippen LogP contribution in [0.3, 0.4) is 0 Å². The third-order valence-corrected chi connectivity index (χ3v) is 4.63. The molecule has 1 heterocycles. The number of hydrogen-bond acceptors (Lipinski definition) is 5. The number of thioether (sulfide) groups is 1. The normalized spacial score (nSPS) is 19.0. The van der Waals surface area contributed by atoms with E-state index in [2.05, 4.69) is 0 Å². The molecular weight excluding hydrogens is 308 g/mol. The lowest BCUT2D eigenvalue weighted by atomic mass is 10.2. The van der Waals surface area contributed by atoms with Gasteiger partial charge in [0.1, 0.15) is 6.04 Å². The Morgan fingerprint density at radius 3 is 2.59 bits per heavy atom. The number of carbonyl (C=O) groups is 2. The molecule has 0 bridgehead atoms. The second kappa shape index (κ2) is 6.78. The van der Waals surface area contributed by atoms with E-state index in [9.17, 15) is 19.7 Å². The second-order valence-electron chi connectivity index (χ2n) is 5.04. The third-order valence-electron chi connectivity index (χ3n) is 3.53. The minimum Gasteiger partial charge on any atom is -0.480 e. The van der Waals surface area contributed by atoms with Gasteiger partial charge in [0.05, 0.1) is 10.2 Å². The quantitative estimate of drug-likeness (QED) is 0.506. The zero-order chi connectivity index (χ0) is 16.3. The van der Waals surface area contributed by atoms with Gasteiger partial charge in [-0.2, -0.15) is 0 Å². The van der Waals surface area contributed by atoms with Crippen LogP contribution in [0.5, 0.6) is 0 Å². The largest absolute Gasteiger partial charge is 0.480 e. The molecule has 0 saturated carbocycles.